The van der Waals surface area contributed by atoms with Crippen LogP contribution in [-0.2, 0) is 11.2 Å². The van der Waals surface area contributed by atoms with Crippen molar-refractivity contribution in [1.29, 1.82) is 0 Å². The molecule has 4 heteroatoms. The Morgan fingerprint density at radius 1 is 1.25 bits per heavy atom. The van der Waals surface area contributed by atoms with Crippen LogP contribution in [0.2, 0.25) is 0 Å². The summed E-state index contributed by atoms with van der Waals surface area (Å²) in [5.74, 6) is -0.246. The Morgan fingerprint density at radius 2 is 2.00 bits per heavy atom. The fraction of sp³-hybridized carbons (Fsp3) is 0.562. The third kappa shape index (κ3) is 6.15. The Labute approximate surface area is 121 Å². The van der Waals surface area contributed by atoms with Crippen LogP contribution < -0.4 is 10.6 Å². The van der Waals surface area contributed by atoms with Crippen LogP contribution in [0.1, 0.15) is 32.3 Å². The largest absolute Gasteiger partial charge is 0.355 e. The fourth-order valence-electron chi connectivity index (χ4n) is 1.95. The van der Waals surface area contributed by atoms with Gasteiger partial charge < -0.3 is 10.6 Å². The van der Waals surface area contributed by atoms with Crippen LogP contribution in [0.4, 0.5) is 4.39 Å². The molecular formula is C16H25FN2O. The molecule has 0 aromatic heterocycles. The van der Waals surface area contributed by atoms with Crippen molar-refractivity contribution in [1.82, 2.24) is 10.6 Å². The quantitative estimate of drug-likeness (QED) is 0.682. The van der Waals surface area contributed by atoms with E-state index in [1.165, 1.54) is 6.07 Å². The number of nitrogens with one attached hydrogen (secondary N) is 2. The van der Waals surface area contributed by atoms with Crippen LogP contribution in [0.25, 0.3) is 0 Å². The lowest BCUT2D eigenvalue weighted by Crippen LogP contribution is -2.35. The molecule has 0 saturated heterocycles. The number of rotatable bonds is 9. The Bertz CT molecular complexity index is 409. The van der Waals surface area contributed by atoms with Gasteiger partial charge in [-0.05, 0) is 37.4 Å². The zero-order chi connectivity index (χ0) is 14.8. The molecule has 2 N–H and O–H groups in total. The summed E-state index contributed by atoms with van der Waals surface area (Å²) in [4.78, 5) is 11.8. The Morgan fingerprint density at radius 3 is 2.70 bits per heavy atom. The van der Waals surface area contributed by atoms with Gasteiger partial charge in [0.1, 0.15) is 5.82 Å². The van der Waals surface area contributed by atoms with Crippen LogP contribution in [0.3, 0.4) is 0 Å². The van der Waals surface area contributed by atoms with Crippen molar-refractivity contribution in [2.75, 3.05) is 19.6 Å². The van der Waals surface area contributed by atoms with Crippen LogP contribution in [0.15, 0.2) is 24.3 Å². The molecule has 1 aromatic rings. The van der Waals surface area contributed by atoms with Gasteiger partial charge in [-0.3, -0.25) is 4.79 Å². The SMILES string of the molecule is CCCNCCNC(=O)C(C)CCc1ccccc1F. The van der Waals surface area contributed by atoms with E-state index in [1.807, 2.05) is 13.0 Å². The Kier molecular flexibility index (Phi) is 7.88. The molecule has 1 aromatic carbocycles. The van der Waals surface area contributed by atoms with Gasteiger partial charge in [-0.25, -0.2) is 4.39 Å². The maximum atomic E-state index is 13.5. The summed E-state index contributed by atoms with van der Waals surface area (Å²) in [6.45, 7) is 6.40. The number of carbonyl (C=O) groups is 1. The van der Waals surface area contributed by atoms with Gasteiger partial charge in [0, 0.05) is 19.0 Å². The molecule has 0 aliphatic carbocycles. The highest BCUT2D eigenvalue weighted by atomic mass is 19.1. The van der Waals surface area contributed by atoms with E-state index in [-0.39, 0.29) is 17.6 Å². The molecule has 0 bridgehead atoms. The zero-order valence-corrected chi connectivity index (χ0v) is 12.4. The molecule has 0 aliphatic heterocycles. The van der Waals surface area contributed by atoms with Gasteiger partial charge in [-0.15, -0.1) is 0 Å². The highest BCUT2D eigenvalue weighted by molar-refractivity contribution is 5.78. The van der Waals surface area contributed by atoms with Gasteiger partial charge in [-0.2, -0.15) is 0 Å². The van der Waals surface area contributed by atoms with Gasteiger partial charge in [0.15, 0.2) is 0 Å². The zero-order valence-electron chi connectivity index (χ0n) is 12.4. The third-order valence-electron chi connectivity index (χ3n) is 3.28. The molecule has 1 unspecified atom stereocenters. The van der Waals surface area contributed by atoms with Crippen LogP contribution in [0.5, 0.6) is 0 Å². The van der Waals surface area contributed by atoms with Crippen molar-refractivity contribution in [3.05, 3.63) is 35.6 Å². The third-order valence-corrected chi connectivity index (χ3v) is 3.28. The second-order valence-electron chi connectivity index (χ2n) is 5.07. The van der Waals surface area contributed by atoms with Crippen molar-refractivity contribution in [2.24, 2.45) is 5.92 Å². The van der Waals surface area contributed by atoms with E-state index < -0.39 is 0 Å². The topological polar surface area (TPSA) is 41.1 Å². The van der Waals surface area contributed by atoms with E-state index in [0.29, 0.717) is 24.9 Å². The van der Waals surface area contributed by atoms with E-state index >= 15 is 0 Å². The number of halogens is 1. The molecule has 112 valence electrons. The molecule has 1 rings (SSSR count). The molecule has 0 heterocycles. The van der Waals surface area contributed by atoms with Crippen molar-refractivity contribution < 1.29 is 9.18 Å². The molecule has 0 saturated carbocycles. The van der Waals surface area contributed by atoms with Crippen LogP contribution in [-0.4, -0.2) is 25.5 Å². The number of amides is 1. The summed E-state index contributed by atoms with van der Waals surface area (Å²) < 4.78 is 13.5. The average molecular weight is 280 g/mol. The lowest BCUT2D eigenvalue weighted by Gasteiger charge is -2.12. The van der Waals surface area contributed by atoms with E-state index in [9.17, 15) is 9.18 Å². The van der Waals surface area contributed by atoms with Gasteiger partial charge in [0.05, 0.1) is 0 Å². The van der Waals surface area contributed by atoms with Crippen molar-refractivity contribution >= 4 is 5.91 Å². The summed E-state index contributed by atoms with van der Waals surface area (Å²) in [5, 5.41) is 6.13. The average Bonchev–Trinajstić information content (AvgIpc) is 2.45. The predicted molar refractivity (Wildman–Crippen MR) is 80.1 cm³/mol. The molecule has 0 aliphatic rings. The molecule has 0 fully saturated rings. The first-order valence-corrected chi connectivity index (χ1v) is 7.37. The Hall–Kier alpha value is -1.42. The second-order valence-corrected chi connectivity index (χ2v) is 5.07. The summed E-state index contributed by atoms with van der Waals surface area (Å²) in [5.41, 5.74) is 0.678. The molecule has 0 radical (unpaired) electrons. The first-order valence-electron chi connectivity index (χ1n) is 7.37. The molecule has 1 atom stereocenters. The first-order chi connectivity index (χ1) is 9.65. The summed E-state index contributed by atoms with van der Waals surface area (Å²) in [6, 6.07) is 6.73. The van der Waals surface area contributed by atoms with Gasteiger partial charge in [0.2, 0.25) is 5.91 Å². The van der Waals surface area contributed by atoms with E-state index in [1.54, 1.807) is 12.1 Å². The van der Waals surface area contributed by atoms with Crippen molar-refractivity contribution in [3.8, 4) is 0 Å². The lowest BCUT2D eigenvalue weighted by atomic mass is 10.00. The Balaban J connectivity index is 2.23. The number of hydrogen-bond acceptors (Lipinski definition) is 2. The number of carbonyl (C=O) groups excluding carboxylic acids is 1. The van der Waals surface area contributed by atoms with Gasteiger partial charge in [0.25, 0.3) is 0 Å². The van der Waals surface area contributed by atoms with Gasteiger partial charge in [-0.1, -0.05) is 32.0 Å². The fourth-order valence-corrected chi connectivity index (χ4v) is 1.95. The highest BCUT2D eigenvalue weighted by Gasteiger charge is 2.13. The standard InChI is InChI=1S/C16H25FN2O/c1-3-10-18-11-12-19-16(20)13(2)8-9-14-6-4-5-7-15(14)17/h4-7,13,18H,3,8-12H2,1-2H3,(H,19,20). The maximum Gasteiger partial charge on any atom is 0.222 e. The number of aryl methyl sites for hydroxylation is 1. The number of hydrogen-bond donors (Lipinski definition) is 2. The molecule has 0 spiro atoms. The van der Waals surface area contributed by atoms with E-state index in [0.717, 1.165) is 19.5 Å². The number of benzene rings is 1. The molecule has 3 nitrogen and oxygen atoms in total. The van der Waals surface area contributed by atoms with Crippen molar-refractivity contribution in [3.63, 3.8) is 0 Å². The van der Waals surface area contributed by atoms with Crippen molar-refractivity contribution in [2.45, 2.75) is 33.1 Å². The smallest absolute Gasteiger partial charge is 0.222 e. The van der Waals surface area contributed by atoms with E-state index in [4.69, 9.17) is 0 Å². The lowest BCUT2D eigenvalue weighted by molar-refractivity contribution is -0.124. The minimum absolute atomic E-state index is 0.0413. The summed E-state index contributed by atoms with van der Waals surface area (Å²) in [6.07, 6.45) is 2.34. The second kappa shape index (κ2) is 9.48. The van der Waals surface area contributed by atoms with Crippen LogP contribution >= 0.6 is 0 Å². The summed E-state index contributed by atoms with van der Waals surface area (Å²) >= 11 is 0. The van der Waals surface area contributed by atoms with E-state index in [2.05, 4.69) is 17.6 Å². The molecular weight excluding hydrogens is 255 g/mol. The minimum atomic E-state index is -0.191. The monoisotopic (exact) mass is 280 g/mol. The summed E-state index contributed by atoms with van der Waals surface area (Å²) in [7, 11) is 0. The van der Waals surface area contributed by atoms with Crippen LogP contribution in [0, 0.1) is 11.7 Å². The maximum absolute atomic E-state index is 13.5. The molecule has 20 heavy (non-hydrogen) atoms. The highest BCUT2D eigenvalue weighted by Crippen LogP contribution is 2.12. The normalized spacial score (nSPS) is 12.2. The predicted octanol–water partition coefficient (Wildman–Crippen LogP) is 2.51. The first kappa shape index (κ1) is 16.6. The minimum Gasteiger partial charge on any atom is -0.355 e. The van der Waals surface area contributed by atoms with Gasteiger partial charge >= 0.3 is 0 Å². The molecule has 1 amide bonds.